The number of rotatable bonds is 3. The van der Waals surface area contributed by atoms with Crippen molar-refractivity contribution in [3.05, 3.63) is 77.4 Å². The summed E-state index contributed by atoms with van der Waals surface area (Å²) < 4.78 is 2.23. The van der Waals surface area contributed by atoms with Crippen LogP contribution in [0.1, 0.15) is 0 Å². The Hall–Kier alpha value is -2.36. The lowest BCUT2D eigenvalue weighted by molar-refractivity contribution is 0.945. The Balaban J connectivity index is 1.96. The highest BCUT2D eigenvalue weighted by molar-refractivity contribution is 7.13. The molecule has 0 amide bonds. The number of nitrogens with zero attached hydrogens (tertiary/aromatic N) is 2. The Morgan fingerprint density at radius 1 is 1.00 bits per heavy atom. The summed E-state index contributed by atoms with van der Waals surface area (Å²) in [6.07, 6.45) is 3.72. The van der Waals surface area contributed by atoms with E-state index in [0.29, 0.717) is 0 Å². The Morgan fingerprint density at radius 3 is 2.50 bits per heavy atom. The number of hydrogen-bond donors (Lipinski definition) is 0. The Morgan fingerprint density at radius 2 is 1.83 bits per heavy atom. The van der Waals surface area contributed by atoms with Gasteiger partial charge in [0.15, 0.2) is 0 Å². The minimum absolute atomic E-state index is 0.749. The molecule has 4 heteroatoms. The van der Waals surface area contributed by atoms with E-state index in [1.807, 2.05) is 24.4 Å². The molecule has 0 aliphatic rings. The molecule has 3 aromatic heterocycles. The van der Waals surface area contributed by atoms with Crippen LogP contribution >= 0.6 is 22.9 Å². The molecule has 0 unspecified atom stereocenters. The minimum Gasteiger partial charge on any atom is -0.343 e. The van der Waals surface area contributed by atoms with Gasteiger partial charge in [0.05, 0.1) is 5.69 Å². The van der Waals surface area contributed by atoms with Gasteiger partial charge in [-0.25, -0.2) is 0 Å². The molecule has 2 nitrogen and oxygen atoms in total. The zero-order valence-corrected chi connectivity index (χ0v) is 14.7. The molecule has 0 bridgehead atoms. The van der Waals surface area contributed by atoms with Crippen LogP contribution in [0.25, 0.3) is 33.0 Å². The van der Waals surface area contributed by atoms with Crippen LogP contribution < -0.4 is 0 Å². The lowest BCUT2D eigenvalue weighted by Gasteiger charge is -2.09. The van der Waals surface area contributed by atoms with E-state index < -0.39 is 0 Å². The lowest BCUT2D eigenvalue weighted by Crippen LogP contribution is -1.95. The van der Waals surface area contributed by atoms with Crippen LogP contribution in [-0.4, -0.2) is 9.55 Å². The monoisotopic (exact) mass is 350 g/mol. The molecule has 0 radical (unpaired) electrons. The van der Waals surface area contributed by atoms with Gasteiger partial charge >= 0.3 is 0 Å². The average Bonchev–Trinajstić information content (AvgIpc) is 3.24. The van der Waals surface area contributed by atoms with Crippen LogP contribution in [0.5, 0.6) is 0 Å². The van der Waals surface area contributed by atoms with Crippen molar-refractivity contribution in [3.8, 4) is 33.0 Å². The molecule has 0 atom stereocenters. The van der Waals surface area contributed by atoms with E-state index in [9.17, 15) is 0 Å². The maximum atomic E-state index is 6.04. The van der Waals surface area contributed by atoms with Gasteiger partial charge in [-0.05, 0) is 47.3 Å². The maximum Gasteiger partial charge on any atom is 0.0586 e. The predicted octanol–water partition coefficient (Wildman–Crippen LogP) is 6.14. The molecule has 1 aromatic carbocycles. The molecule has 4 rings (SSSR count). The number of halogens is 1. The molecule has 0 aliphatic carbocycles. The van der Waals surface area contributed by atoms with Gasteiger partial charge < -0.3 is 4.57 Å². The molecule has 3 heterocycles. The van der Waals surface area contributed by atoms with Gasteiger partial charge in [0.1, 0.15) is 0 Å². The van der Waals surface area contributed by atoms with Crippen LogP contribution in [0.4, 0.5) is 0 Å². The van der Waals surface area contributed by atoms with E-state index in [4.69, 9.17) is 11.6 Å². The summed E-state index contributed by atoms with van der Waals surface area (Å²) in [5.41, 5.74) is 5.83. The number of benzene rings is 1. The highest BCUT2D eigenvalue weighted by Gasteiger charge is 2.17. The topological polar surface area (TPSA) is 17.8 Å². The van der Waals surface area contributed by atoms with Crippen molar-refractivity contribution >= 4 is 22.9 Å². The van der Waals surface area contributed by atoms with Gasteiger partial charge in [-0.3, -0.25) is 4.98 Å². The molecule has 24 heavy (non-hydrogen) atoms. The first-order valence-corrected chi connectivity index (χ1v) is 8.90. The number of aromatic nitrogens is 2. The predicted molar refractivity (Wildman–Crippen MR) is 102 cm³/mol. The summed E-state index contributed by atoms with van der Waals surface area (Å²) in [6.45, 7) is 0. The Kier molecular flexibility index (Phi) is 3.97. The highest BCUT2D eigenvalue weighted by Crippen LogP contribution is 2.39. The number of thiophene rings is 1. The second kappa shape index (κ2) is 6.27. The van der Waals surface area contributed by atoms with E-state index in [1.54, 1.807) is 17.5 Å². The minimum atomic E-state index is 0.749. The lowest BCUT2D eigenvalue weighted by atomic mass is 10.1. The Labute approximate surface area is 150 Å². The normalized spacial score (nSPS) is 10.9. The van der Waals surface area contributed by atoms with E-state index in [2.05, 4.69) is 58.4 Å². The maximum absolute atomic E-state index is 6.04. The molecule has 0 saturated heterocycles. The van der Waals surface area contributed by atoms with Crippen molar-refractivity contribution in [2.24, 2.45) is 7.05 Å². The fourth-order valence-electron chi connectivity index (χ4n) is 2.97. The van der Waals surface area contributed by atoms with Crippen LogP contribution in [0.2, 0.25) is 5.02 Å². The van der Waals surface area contributed by atoms with Crippen LogP contribution in [0, 0.1) is 0 Å². The SMILES string of the molecule is Cn1c(-c2ccc(Cl)cc2)cc(-c2cccs2)c1-c1cccnc1. The van der Waals surface area contributed by atoms with Crippen LogP contribution in [-0.2, 0) is 7.05 Å². The first-order chi connectivity index (χ1) is 11.7. The second-order valence-electron chi connectivity index (χ2n) is 5.58. The van der Waals surface area contributed by atoms with Gasteiger partial charge in [0.2, 0.25) is 0 Å². The van der Waals surface area contributed by atoms with Crippen molar-refractivity contribution in [1.82, 2.24) is 9.55 Å². The molecular formula is C20H15ClN2S. The molecule has 118 valence electrons. The summed E-state index contributed by atoms with van der Waals surface area (Å²) in [5, 5.41) is 2.86. The van der Waals surface area contributed by atoms with Gasteiger partial charge in [-0.2, -0.15) is 0 Å². The summed E-state index contributed by atoms with van der Waals surface area (Å²) in [7, 11) is 2.10. The molecule has 4 aromatic rings. The van der Waals surface area contributed by atoms with Crippen molar-refractivity contribution < 1.29 is 0 Å². The fraction of sp³-hybridized carbons (Fsp3) is 0.0500. The standard InChI is InChI=1S/C20H15ClN2S/c1-23-18(14-6-8-16(21)9-7-14)12-17(19-5-3-11-24-19)20(23)15-4-2-10-22-13-15/h2-13H,1H3. The van der Waals surface area contributed by atoms with Gasteiger partial charge in [-0.15, -0.1) is 11.3 Å². The quantitative estimate of drug-likeness (QED) is 0.434. The van der Waals surface area contributed by atoms with Gasteiger partial charge in [0.25, 0.3) is 0 Å². The number of pyridine rings is 1. The molecular weight excluding hydrogens is 336 g/mol. The average molecular weight is 351 g/mol. The number of hydrogen-bond acceptors (Lipinski definition) is 2. The first-order valence-electron chi connectivity index (χ1n) is 7.64. The fourth-order valence-corrected chi connectivity index (χ4v) is 3.84. The summed E-state index contributed by atoms with van der Waals surface area (Å²) in [6, 6.07) is 18.5. The van der Waals surface area contributed by atoms with Crippen molar-refractivity contribution in [3.63, 3.8) is 0 Å². The van der Waals surface area contributed by atoms with Gasteiger partial charge in [0, 0.05) is 46.2 Å². The van der Waals surface area contributed by atoms with Crippen molar-refractivity contribution in [1.29, 1.82) is 0 Å². The first kappa shape index (κ1) is 15.2. The molecule has 0 N–H and O–H groups in total. The summed E-state index contributed by atoms with van der Waals surface area (Å²) in [4.78, 5) is 5.55. The second-order valence-corrected chi connectivity index (χ2v) is 6.96. The third-order valence-corrected chi connectivity index (χ3v) is 5.25. The molecule has 0 aliphatic heterocycles. The summed E-state index contributed by atoms with van der Waals surface area (Å²) >= 11 is 7.79. The van der Waals surface area contributed by atoms with E-state index in [1.165, 1.54) is 16.1 Å². The zero-order valence-electron chi connectivity index (χ0n) is 13.1. The van der Waals surface area contributed by atoms with E-state index >= 15 is 0 Å². The highest BCUT2D eigenvalue weighted by atomic mass is 35.5. The van der Waals surface area contributed by atoms with Gasteiger partial charge in [-0.1, -0.05) is 29.8 Å². The van der Waals surface area contributed by atoms with Crippen LogP contribution in [0.3, 0.4) is 0 Å². The van der Waals surface area contributed by atoms with Crippen molar-refractivity contribution in [2.75, 3.05) is 0 Å². The third-order valence-electron chi connectivity index (χ3n) is 4.09. The third kappa shape index (κ3) is 2.66. The van der Waals surface area contributed by atoms with Crippen LogP contribution in [0.15, 0.2) is 72.4 Å². The molecule has 0 fully saturated rings. The summed E-state index contributed by atoms with van der Waals surface area (Å²) in [5.74, 6) is 0. The van der Waals surface area contributed by atoms with E-state index in [-0.39, 0.29) is 0 Å². The smallest absolute Gasteiger partial charge is 0.0586 e. The van der Waals surface area contributed by atoms with Crippen molar-refractivity contribution in [2.45, 2.75) is 0 Å². The largest absolute Gasteiger partial charge is 0.343 e. The Bertz CT molecular complexity index is 955. The molecule has 0 spiro atoms. The zero-order chi connectivity index (χ0) is 16.5. The molecule has 0 saturated carbocycles. The van der Waals surface area contributed by atoms with E-state index in [0.717, 1.165) is 21.8 Å².